The number of carbonyl (C=O) groups excluding carboxylic acids is 1. The van der Waals surface area contributed by atoms with Gasteiger partial charge in [-0.3, -0.25) is 4.79 Å². The lowest BCUT2D eigenvalue weighted by atomic mass is 9.82. The van der Waals surface area contributed by atoms with Crippen LogP contribution in [0.15, 0.2) is 30.3 Å². The van der Waals surface area contributed by atoms with Gasteiger partial charge in [0, 0.05) is 5.92 Å². The Morgan fingerprint density at radius 3 is 2.53 bits per heavy atom. The van der Waals surface area contributed by atoms with Crippen molar-refractivity contribution in [2.24, 2.45) is 5.92 Å². The van der Waals surface area contributed by atoms with Gasteiger partial charge in [0.15, 0.2) is 0 Å². The van der Waals surface area contributed by atoms with Gasteiger partial charge in [-0.1, -0.05) is 30.3 Å². The standard InChI is InChI=1S/C15H19FO/c1-11(17)14(12-6-4-3-5-7-12)13-8-9-15(2,16)10-13/h3-7,13-14H,8-10H2,1-2H3. The fourth-order valence-corrected chi connectivity index (χ4v) is 3.02. The van der Waals surface area contributed by atoms with Crippen LogP contribution in [0.25, 0.3) is 0 Å². The highest BCUT2D eigenvalue weighted by Gasteiger charge is 2.40. The van der Waals surface area contributed by atoms with Crippen LogP contribution in [0.1, 0.15) is 44.6 Å². The molecular weight excluding hydrogens is 215 g/mol. The van der Waals surface area contributed by atoms with Crippen molar-refractivity contribution in [3.05, 3.63) is 35.9 Å². The molecule has 0 aliphatic heterocycles. The number of carbonyl (C=O) groups is 1. The van der Waals surface area contributed by atoms with E-state index in [9.17, 15) is 9.18 Å². The third kappa shape index (κ3) is 2.74. The zero-order valence-electron chi connectivity index (χ0n) is 10.4. The molecule has 1 nitrogen and oxygen atoms in total. The van der Waals surface area contributed by atoms with E-state index >= 15 is 0 Å². The molecule has 1 aliphatic carbocycles. The van der Waals surface area contributed by atoms with Crippen molar-refractivity contribution in [2.75, 3.05) is 0 Å². The first-order valence-corrected chi connectivity index (χ1v) is 6.24. The third-order valence-corrected chi connectivity index (χ3v) is 3.79. The van der Waals surface area contributed by atoms with Gasteiger partial charge in [0.25, 0.3) is 0 Å². The maximum Gasteiger partial charge on any atom is 0.137 e. The van der Waals surface area contributed by atoms with Crippen molar-refractivity contribution in [3.63, 3.8) is 0 Å². The van der Waals surface area contributed by atoms with E-state index in [0.717, 1.165) is 12.0 Å². The largest absolute Gasteiger partial charge is 0.299 e. The van der Waals surface area contributed by atoms with Gasteiger partial charge in [0.1, 0.15) is 11.5 Å². The fourth-order valence-electron chi connectivity index (χ4n) is 3.02. The van der Waals surface area contributed by atoms with Crippen molar-refractivity contribution in [1.29, 1.82) is 0 Å². The van der Waals surface area contributed by atoms with Crippen LogP contribution in [-0.2, 0) is 4.79 Å². The van der Waals surface area contributed by atoms with E-state index < -0.39 is 5.67 Å². The predicted molar refractivity (Wildman–Crippen MR) is 66.7 cm³/mol. The van der Waals surface area contributed by atoms with Crippen LogP contribution < -0.4 is 0 Å². The topological polar surface area (TPSA) is 17.1 Å². The number of benzene rings is 1. The molecule has 0 radical (unpaired) electrons. The number of hydrogen-bond acceptors (Lipinski definition) is 1. The van der Waals surface area contributed by atoms with Gasteiger partial charge in [-0.15, -0.1) is 0 Å². The number of Topliss-reactive ketones (excluding diaryl/α,β-unsaturated/α-hetero) is 1. The molecule has 1 aliphatic rings. The van der Waals surface area contributed by atoms with E-state index in [1.807, 2.05) is 30.3 Å². The summed E-state index contributed by atoms with van der Waals surface area (Å²) in [7, 11) is 0. The van der Waals surface area contributed by atoms with E-state index in [-0.39, 0.29) is 17.6 Å². The molecule has 0 N–H and O–H groups in total. The van der Waals surface area contributed by atoms with E-state index in [1.54, 1.807) is 13.8 Å². The van der Waals surface area contributed by atoms with Gasteiger partial charge in [-0.05, 0) is 44.6 Å². The van der Waals surface area contributed by atoms with Crippen LogP contribution in [-0.4, -0.2) is 11.5 Å². The van der Waals surface area contributed by atoms with Crippen molar-refractivity contribution >= 4 is 5.78 Å². The molecule has 1 fully saturated rings. The highest BCUT2D eigenvalue weighted by atomic mass is 19.1. The first kappa shape index (κ1) is 12.3. The zero-order valence-corrected chi connectivity index (χ0v) is 10.4. The Labute approximate surface area is 102 Å². The van der Waals surface area contributed by atoms with Crippen LogP contribution in [0.3, 0.4) is 0 Å². The first-order chi connectivity index (χ1) is 7.99. The molecule has 1 aromatic carbocycles. The summed E-state index contributed by atoms with van der Waals surface area (Å²) in [5.41, 5.74) is -0.0599. The van der Waals surface area contributed by atoms with E-state index in [2.05, 4.69) is 0 Å². The molecule has 3 unspecified atom stereocenters. The Morgan fingerprint density at radius 1 is 1.41 bits per heavy atom. The quantitative estimate of drug-likeness (QED) is 0.775. The summed E-state index contributed by atoms with van der Waals surface area (Å²) in [6, 6.07) is 9.76. The smallest absolute Gasteiger partial charge is 0.137 e. The monoisotopic (exact) mass is 234 g/mol. The lowest BCUT2D eigenvalue weighted by molar-refractivity contribution is -0.119. The molecule has 0 saturated heterocycles. The third-order valence-electron chi connectivity index (χ3n) is 3.79. The van der Waals surface area contributed by atoms with Crippen molar-refractivity contribution < 1.29 is 9.18 Å². The van der Waals surface area contributed by atoms with E-state index in [4.69, 9.17) is 0 Å². The highest BCUT2D eigenvalue weighted by molar-refractivity contribution is 5.83. The maximum atomic E-state index is 13.9. The number of alkyl halides is 1. The van der Waals surface area contributed by atoms with Crippen molar-refractivity contribution in [1.82, 2.24) is 0 Å². The summed E-state index contributed by atoms with van der Waals surface area (Å²) in [6.45, 7) is 3.26. The second kappa shape index (κ2) is 4.59. The van der Waals surface area contributed by atoms with Crippen molar-refractivity contribution in [2.45, 2.75) is 44.7 Å². The zero-order chi connectivity index (χ0) is 12.5. The molecule has 0 bridgehead atoms. The molecule has 2 heteroatoms. The lowest BCUT2D eigenvalue weighted by Crippen LogP contribution is -2.20. The summed E-state index contributed by atoms with van der Waals surface area (Å²) in [4.78, 5) is 11.8. The Hall–Kier alpha value is -1.18. The van der Waals surface area contributed by atoms with Crippen LogP contribution in [0.5, 0.6) is 0 Å². The van der Waals surface area contributed by atoms with Gasteiger partial charge >= 0.3 is 0 Å². The maximum absolute atomic E-state index is 13.9. The lowest BCUT2D eigenvalue weighted by Gasteiger charge is -2.22. The van der Waals surface area contributed by atoms with Gasteiger partial charge in [0.2, 0.25) is 0 Å². The molecule has 2 rings (SSSR count). The first-order valence-electron chi connectivity index (χ1n) is 6.24. The molecule has 92 valence electrons. The minimum absolute atomic E-state index is 0.131. The van der Waals surface area contributed by atoms with Gasteiger partial charge in [-0.2, -0.15) is 0 Å². The van der Waals surface area contributed by atoms with Gasteiger partial charge in [0.05, 0.1) is 0 Å². The second-order valence-electron chi connectivity index (χ2n) is 5.42. The van der Waals surface area contributed by atoms with E-state index in [1.165, 1.54) is 0 Å². The minimum Gasteiger partial charge on any atom is -0.299 e. The summed E-state index contributed by atoms with van der Waals surface area (Å²) >= 11 is 0. The number of ketones is 1. The number of rotatable bonds is 3. The Bertz CT molecular complexity index is 397. The number of halogens is 1. The molecule has 0 heterocycles. The SMILES string of the molecule is CC(=O)C(c1ccccc1)C1CCC(C)(F)C1. The molecule has 1 saturated carbocycles. The summed E-state index contributed by atoms with van der Waals surface area (Å²) in [6.07, 6.45) is 1.90. The van der Waals surface area contributed by atoms with Crippen LogP contribution in [0.4, 0.5) is 4.39 Å². The van der Waals surface area contributed by atoms with Crippen LogP contribution in [0, 0.1) is 5.92 Å². The van der Waals surface area contributed by atoms with Crippen molar-refractivity contribution in [3.8, 4) is 0 Å². The molecule has 3 atom stereocenters. The predicted octanol–water partition coefficient (Wildman–Crippen LogP) is 3.89. The van der Waals surface area contributed by atoms with Gasteiger partial charge < -0.3 is 0 Å². The Kier molecular flexibility index (Phi) is 3.32. The molecule has 1 aromatic rings. The summed E-state index contributed by atoms with van der Waals surface area (Å²) in [5.74, 6) is 0.178. The number of hydrogen-bond donors (Lipinski definition) is 0. The highest BCUT2D eigenvalue weighted by Crippen LogP contribution is 2.44. The Morgan fingerprint density at radius 2 is 2.06 bits per heavy atom. The Balaban J connectivity index is 2.23. The molecule has 0 spiro atoms. The summed E-state index contributed by atoms with van der Waals surface area (Å²) in [5, 5.41) is 0. The minimum atomic E-state index is -1.09. The average molecular weight is 234 g/mol. The molecular formula is C15H19FO. The fraction of sp³-hybridized carbons (Fsp3) is 0.533. The van der Waals surface area contributed by atoms with Crippen LogP contribution in [0.2, 0.25) is 0 Å². The van der Waals surface area contributed by atoms with E-state index in [0.29, 0.717) is 12.8 Å². The van der Waals surface area contributed by atoms with Gasteiger partial charge in [-0.25, -0.2) is 4.39 Å². The molecule has 17 heavy (non-hydrogen) atoms. The normalized spacial score (nSPS) is 30.2. The molecule has 0 aromatic heterocycles. The van der Waals surface area contributed by atoms with Crippen LogP contribution >= 0.6 is 0 Å². The second-order valence-corrected chi connectivity index (χ2v) is 5.42. The molecule has 0 amide bonds. The summed E-state index contributed by atoms with van der Waals surface area (Å²) < 4.78 is 13.9. The average Bonchev–Trinajstić information content (AvgIpc) is 2.60.